The van der Waals surface area contributed by atoms with Gasteiger partial charge in [0.15, 0.2) is 0 Å². The molecular formula is C16H24N2O2. The molecule has 0 spiro atoms. The van der Waals surface area contributed by atoms with Gasteiger partial charge in [-0.15, -0.1) is 0 Å². The summed E-state index contributed by atoms with van der Waals surface area (Å²) in [4.78, 5) is 14.6. The molecule has 0 heterocycles. The minimum absolute atomic E-state index is 0.0775. The summed E-state index contributed by atoms with van der Waals surface area (Å²) >= 11 is 0. The number of benzene rings is 1. The lowest BCUT2D eigenvalue weighted by Gasteiger charge is -2.33. The van der Waals surface area contributed by atoms with Gasteiger partial charge in [-0.1, -0.05) is 19.3 Å². The lowest BCUT2D eigenvalue weighted by atomic mass is 9.93. The maximum atomic E-state index is 12.7. The van der Waals surface area contributed by atoms with Crippen LogP contribution in [0.15, 0.2) is 18.2 Å². The van der Waals surface area contributed by atoms with Gasteiger partial charge in [0, 0.05) is 18.2 Å². The third-order valence-electron chi connectivity index (χ3n) is 4.09. The number of hydrogen-bond acceptors (Lipinski definition) is 3. The van der Waals surface area contributed by atoms with E-state index in [-0.39, 0.29) is 5.91 Å². The van der Waals surface area contributed by atoms with Gasteiger partial charge in [0.1, 0.15) is 5.75 Å². The van der Waals surface area contributed by atoms with Crippen molar-refractivity contribution < 1.29 is 9.53 Å². The largest absolute Gasteiger partial charge is 0.495 e. The molecule has 0 bridgehead atoms. The molecule has 0 radical (unpaired) electrons. The number of carbonyl (C=O) groups is 1. The first-order chi connectivity index (χ1) is 9.67. The van der Waals surface area contributed by atoms with Crippen molar-refractivity contribution in [2.24, 2.45) is 0 Å². The van der Waals surface area contributed by atoms with Crippen LogP contribution in [0.2, 0.25) is 0 Å². The fourth-order valence-corrected chi connectivity index (χ4v) is 2.99. The molecule has 4 nitrogen and oxygen atoms in total. The van der Waals surface area contributed by atoms with E-state index in [0.717, 1.165) is 19.4 Å². The molecule has 1 aromatic rings. The van der Waals surface area contributed by atoms with Gasteiger partial charge in [-0.3, -0.25) is 4.79 Å². The first-order valence-electron chi connectivity index (χ1n) is 7.41. The molecule has 2 N–H and O–H groups in total. The van der Waals surface area contributed by atoms with Crippen LogP contribution < -0.4 is 10.5 Å². The van der Waals surface area contributed by atoms with E-state index in [0.29, 0.717) is 23.0 Å². The smallest absolute Gasteiger partial charge is 0.254 e. The highest BCUT2D eigenvalue weighted by Crippen LogP contribution is 2.26. The Morgan fingerprint density at radius 3 is 2.60 bits per heavy atom. The van der Waals surface area contributed by atoms with Gasteiger partial charge in [0.05, 0.1) is 12.8 Å². The van der Waals surface area contributed by atoms with Gasteiger partial charge in [0.2, 0.25) is 0 Å². The Morgan fingerprint density at radius 1 is 1.35 bits per heavy atom. The average Bonchev–Trinajstić information content (AvgIpc) is 2.49. The Bertz CT molecular complexity index is 468. The van der Waals surface area contributed by atoms with E-state index in [1.54, 1.807) is 25.3 Å². The highest BCUT2D eigenvalue weighted by molar-refractivity contribution is 5.95. The second kappa shape index (κ2) is 6.64. The SMILES string of the molecule is CCN(C(=O)c1ccc(OC)c(N)c1)C1CCCCC1. The van der Waals surface area contributed by atoms with Crippen molar-refractivity contribution in [1.29, 1.82) is 0 Å². The van der Waals surface area contributed by atoms with Crippen molar-refractivity contribution in [3.63, 3.8) is 0 Å². The molecule has 1 aliphatic rings. The number of hydrogen-bond donors (Lipinski definition) is 1. The molecule has 110 valence electrons. The van der Waals surface area contributed by atoms with Crippen LogP contribution in [0.1, 0.15) is 49.4 Å². The minimum Gasteiger partial charge on any atom is -0.495 e. The first-order valence-corrected chi connectivity index (χ1v) is 7.41. The van der Waals surface area contributed by atoms with E-state index < -0.39 is 0 Å². The standard InChI is InChI=1S/C16H24N2O2/c1-3-18(13-7-5-4-6-8-13)16(19)12-9-10-15(20-2)14(17)11-12/h9-11,13H,3-8,17H2,1-2H3. The van der Waals surface area contributed by atoms with Crippen LogP contribution in [-0.4, -0.2) is 30.5 Å². The third-order valence-corrected chi connectivity index (χ3v) is 4.09. The number of anilines is 1. The molecule has 1 aliphatic carbocycles. The summed E-state index contributed by atoms with van der Waals surface area (Å²) in [6.07, 6.45) is 5.96. The number of nitrogens with zero attached hydrogens (tertiary/aromatic N) is 1. The van der Waals surface area contributed by atoms with Gasteiger partial charge < -0.3 is 15.4 Å². The summed E-state index contributed by atoms with van der Waals surface area (Å²) in [7, 11) is 1.58. The van der Waals surface area contributed by atoms with Crippen molar-refractivity contribution in [3.8, 4) is 5.75 Å². The van der Waals surface area contributed by atoms with Crippen molar-refractivity contribution in [1.82, 2.24) is 4.90 Å². The molecular weight excluding hydrogens is 252 g/mol. The van der Waals surface area contributed by atoms with E-state index in [1.807, 2.05) is 11.8 Å². The average molecular weight is 276 g/mol. The summed E-state index contributed by atoms with van der Waals surface area (Å²) in [5.41, 5.74) is 7.05. The van der Waals surface area contributed by atoms with Gasteiger partial charge in [0.25, 0.3) is 5.91 Å². The van der Waals surface area contributed by atoms with E-state index in [4.69, 9.17) is 10.5 Å². The van der Waals surface area contributed by atoms with E-state index in [9.17, 15) is 4.79 Å². The number of nitrogens with two attached hydrogens (primary N) is 1. The molecule has 0 saturated heterocycles. The van der Waals surface area contributed by atoms with E-state index in [2.05, 4.69) is 0 Å². The topological polar surface area (TPSA) is 55.6 Å². The van der Waals surface area contributed by atoms with E-state index >= 15 is 0 Å². The minimum atomic E-state index is 0.0775. The van der Waals surface area contributed by atoms with Crippen molar-refractivity contribution in [2.75, 3.05) is 19.4 Å². The monoisotopic (exact) mass is 276 g/mol. The number of methoxy groups -OCH3 is 1. The number of ether oxygens (including phenoxy) is 1. The molecule has 0 unspecified atom stereocenters. The maximum absolute atomic E-state index is 12.7. The third kappa shape index (κ3) is 3.06. The van der Waals surface area contributed by atoms with Crippen molar-refractivity contribution in [3.05, 3.63) is 23.8 Å². The number of carbonyl (C=O) groups excluding carboxylic acids is 1. The predicted molar refractivity (Wildman–Crippen MR) is 81.0 cm³/mol. The van der Waals surface area contributed by atoms with Crippen LogP contribution >= 0.6 is 0 Å². The van der Waals surface area contributed by atoms with Gasteiger partial charge in [-0.2, -0.15) is 0 Å². The normalized spacial score (nSPS) is 15.9. The maximum Gasteiger partial charge on any atom is 0.254 e. The summed E-state index contributed by atoms with van der Waals surface area (Å²) in [5.74, 6) is 0.691. The zero-order chi connectivity index (χ0) is 14.5. The molecule has 0 aromatic heterocycles. The molecule has 0 atom stereocenters. The summed E-state index contributed by atoms with van der Waals surface area (Å²) < 4.78 is 5.13. The Morgan fingerprint density at radius 2 is 2.05 bits per heavy atom. The first kappa shape index (κ1) is 14.7. The highest BCUT2D eigenvalue weighted by Gasteiger charge is 2.25. The Hall–Kier alpha value is -1.71. The number of nitrogen functional groups attached to an aromatic ring is 1. The van der Waals surface area contributed by atoms with Crippen LogP contribution in [0.25, 0.3) is 0 Å². The molecule has 4 heteroatoms. The zero-order valence-corrected chi connectivity index (χ0v) is 12.4. The van der Waals surface area contributed by atoms with Crippen LogP contribution in [-0.2, 0) is 0 Å². The second-order valence-electron chi connectivity index (χ2n) is 5.34. The fourth-order valence-electron chi connectivity index (χ4n) is 2.99. The van der Waals surface area contributed by atoms with Crippen molar-refractivity contribution in [2.45, 2.75) is 45.1 Å². The summed E-state index contributed by atoms with van der Waals surface area (Å²) in [6.45, 7) is 2.79. The molecule has 1 fully saturated rings. The lowest BCUT2D eigenvalue weighted by molar-refractivity contribution is 0.0648. The van der Waals surface area contributed by atoms with Crippen LogP contribution in [0.4, 0.5) is 5.69 Å². The Labute approximate surface area is 120 Å². The number of amides is 1. The Balaban J connectivity index is 2.17. The fraction of sp³-hybridized carbons (Fsp3) is 0.562. The molecule has 0 aliphatic heterocycles. The molecule has 1 aromatic carbocycles. The van der Waals surface area contributed by atoms with E-state index in [1.165, 1.54) is 19.3 Å². The second-order valence-corrected chi connectivity index (χ2v) is 5.34. The highest BCUT2D eigenvalue weighted by atomic mass is 16.5. The Kier molecular flexibility index (Phi) is 4.88. The predicted octanol–water partition coefficient (Wildman–Crippen LogP) is 3.07. The van der Waals surface area contributed by atoms with Crippen LogP contribution in [0, 0.1) is 0 Å². The van der Waals surface area contributed by atoms with Crippen LogP contribution in [0.3, 0.4) is 0 Å². The van der Waals surface area contributed by atoms with Gasteiger partial charge in [-0.25, -0.2) is 0 Å². The molecule has 20 heavy (non-hydrogen) atoms. The number of rotatable bonds is 4. The zero-order valence-electron chi connectivity index (χ0n) is 12.4. The van der Waals surface area contributed by atoms with Gasteiger partial charge in [-0.05, 0) is 38.0 Å². The summed E-state index contributed by atoms with van der Waals surface area (Å²) in [6, 6.07) is 5.65. The van der Waals surface area contributed by atoms with Crippen molar-refractivity contribution >= 4 is 11.6 Å². The molecule has 1 amide bonds. The quantitative estimate of drug-likeness (QED) is 0.860. The molecule has 1 saturated carbocycles. The van der Waals surface area contributed by atoms with Gasteiger partial charge >= 0.3 is 0 Å². The summed E-state index contributed by atoms with van der Waals surface area (Å²) in [5, 5.41) is 0. The van der Waals surface area contributed by atoms with Crippen LogP contribution in [0.5, 0.6) is 5.75 Å². The lowest BCUT2D eigenvalue weighted by Crippen LogP contribution is -2.41. The molecule has 2 rings (SSSR count).